The predicted octanol–water partition coefficient (Wildman–Crippen LogP) is 4.34. The smallest absolute Gasteiger partial charge is 0.331 e. The number of ether oxygens (including phenoxy) is 2. The van der Waals surface area contributed by atoms with Gasteiger partial charge in [0.1, 0.15) is 12.4 Å². The number of hydrogen-bond donors (Lipinski definition) is 1. The van der Waals surface area contributed by atoms with Crippen LogP contribution in [0.2, 0.25) is 5.02 Å². The second kappa shape index (κ2) is 10.9. The average molecular weight is 400 g/mol. The Labute approximate surface area is 169 Å². The van der Waals surface area contributed by atoms with Gasteiger partial charge in [0.05, 0.1) is 6.04 Å². The van der Waals surface area contributed by atoms with E-state index in [0.29, 0.717) is 17.4 Å². The van der Waals surface area contributed by atoms with Crippen molar-refractivity contribution in [3.63, 3.8) is 0 Å². The summed E-state index contributed by atoms with van der Waals surface area (Å²) >= 11 is 5.94. The average Bonchev–Trinajstić information content (AvgIpc) is 2.70. The lowest BCUT2D eigenvalue weighted by Gasteiger charge is -2.14. The number of rotatable bonds is 9. The number of carbonyl (C=O) groups is 2. The first kappa shape index (κ1) is 21.3. The molecule has 28 heavy (non-hydrogen) atoms. The molecular weight excluding hydrogens is 378 g/mol. The first-order valence-electron chi connectivity index (χ1n) is 8.71. The standard InChI is InChI=1S/C22H22ClNO4/c1-3-13-27-20-10-7-17(8-11-20)9-12-22(26)28-15-21(25)24-16(2)18-5-4-6-19(23)14-18/h3-12,14,16H,1,13,15H2,2H3,(H,24,25)/b12-9+/t16-/m0/s1. The molecule has 0 bridgehead atoms. The largest absolute Gasteiger partial charge is 0.490 e. The Balaban J connectivity index is 1.77. The van der Waals surface area contributed by atoms with Gasteiger partial charge in [0.15, 0.2) is 6.61 Å². The van der Waals surface area contributed by atoms with Gasteiger partial charge < -0.3 is 14.8 Å². The third-order valence-electron chi connectivity index (χ3n) is 3.73. The Morgan fingerprint density at radius 3 is 2.64 bits per heavy atom. The quantitative estimate of drug-likeness (QED) is 0.387. The SMILES string of the molecule is C=CCOc1ccc(/C=C/C(=O)OCC(=O)N[C@@H](C)c2cccc(Cl)c2)cc1. The molecule has 1 N–H and O–H groups in total. The van der Waals surface area contributed by atoms with E-state index in [0.717, 1.165) is 11.1 Å². The van der Waals surface area contributed by atoms with Gasteiger partial charge >= 0.3 is 5.97 Å². The Hall–Kier alpha value is -3.05. The molecule has 2 rings (SSSR count). The van der Waals surface area contributed by atoms with E-state index in [1.54, 1.807) is 36.4 Å². The fourth-order valence-electron chi connectivity index (χ4n) is 2.32. The number of halogens is 1. The van der Waals surface area contributed by atoms with Crippen LogP contribution in [0, 0.1) is 0 Å². The van der Waals surface area contributed by atoms with Crippen LogP contribution < -0.4 is 10.1 Å². The van der Waals surface area contributed by atoms with Crippen molar-refractivity contribution in [2.45, 2.75) is 13.0 Å². The molecule has 1 atom stereocenters. The van der Waals surface area contributed by atoms with Gasteiger partial charge in [-0.15, -0.1) is 0 Å². The highest BCUT2D eigenvalue weighted by Gasteiger charge is 2.11. The molecule has 6 heteroatoms. The van der Waals surface area contributed by atoms with Gasteiger partial charge in [-0.25, -0.2) is 4.79 Å². The van der Waals surface area contributed by atoms with Gasteiger partial charge in [0, 0.05) is 11.1 Å². The van der Waals surface area contributed by atoms with Crippen LogP contribution in [-0.2, 0) is 14.3 Å². The highest BCUT2D eigenvalue weighted by atomic mass is 35.5. The van der Waals surface area contributed by atoms with Gasteiger partial charge in [-0.1, -0.05) is 48.5 Å². The van der Waals surface area contributed by atoms with Gasteiger partial charge in [-0.2, -0.15) is 0 Å². The first-order chi connectivity index (χ1) is 13.5. The summed E-state index contributed by atoms with van der Waals surface area (Å²) in [7, 11) is 0. The molecule has 0 fully saturated rings. The lowest BCUT2D eigenvalue weighted by Crippen LogP contribution is -2.30. The molecule has 0 heterocycles. The topological polar surface area (TPSA) is 64.6 Å². The van der Waals surface area contributed by atoms with Crippen LogP contribution in [0.25, 0.3) is 6.08 Å². The van der Waals surface area contributed by atoms with Crippen molar-refractivity contribution in [1.82, 2.24) is 5.32 Å². The number of amides is 1. The van der Waals surface area contributed by atoms with E-state index in [1.165, 1.54) is 6.08 Å². The molecule has 0 aliphatic rings. The lowest BCUT2D eigenvalue weighted by molar-refractivity contribution is -0.144. The Kier molecular flexibility index (Phi) is 8.31. The maximum Gasteiger partial charge on any atom is 0.331 e. The zero-order valence-electron chi connectivity index (χ0n) is 15.6. The molecule has 2 aromatic carbocycles. The molecule has 146 valence electrons. The van der Waals surface area contributed by atoms with E-state index in [4.69, 9.17) is 21.1 Å². The van der Waals surface area contributed by atoms with Crippen molar-refractivity contribution in [2.75, 3.05) is 13.2 Å². The molecule has 0 spiro atoms. The molecule has 0 aliphatic carbocycles. The van der Waals surface area contributed by atoms with Crippen molar-refractivity contribution < 1.29 is 19.1 Å². The van der Waals surface area contributed by atoms with Crippen LogP contribution in [0.3, 0.4) is 0 Å². The third kappa shape index (κ3) is 7.29. The maximum absolute atomic E-state index is 11.9. The van der Waals surface area contributed by atoms with Crippen LogP contribution in [0.5, 0.6) is 5.75 Å². The van der Waals surface area contributed by atoms with E-state index in [9.17, 15) is 9.59 Å². The fourth-order valence-corrected chi connectivity index (χ4v) is 2.52. The molecule has 0 radical (unpaired) electrons. The molecule has 1 amide bonds. The lowest BCUT2D eigenvalue weighted by atomic mass is 10.1. The van der Waals surface area contributed by atoms with Crippen LogP contribution >= 0.6 is 11.6 Å². The summed E-state index contributed by atoms with van der Waals surface area (Å²) in [5.74, 6) is -0.277. The predicted molar refractivity (Wildman–Crippen MR) is 110 cm³/mol. The second-order valence-electron chi connectivity index (χ2n) is 5.95. The van der Waals surface area contributed by atoms with Crippen molar-refractivity contribution in [2.24, 2.45) is 0 Å². The van der Waals surface area contributed by atoms with Crippen molar-refractivity contribution in [3.8, 4) is 5.75 Å². The zero-order valence-corrected chi connectivity index (χ0v) is 16.3. The van der Waals surface area contributed by atoms with Gasteiger partial charge in [0.25, 0.3) is 5.91 Å². The van der Waals surface area contributed by atoms with Crippen LogP contribution in [0.15, 0.2) is 67.3 Å². The minimum Gasteiger partial charge on any atom is -0.490 e. The van der Waals surface area contributed by atoms with Gasteiger partial charge in [-0.05, 0) is 48.4 Å². The Morgan fingerprint density at radius 1 is 1.21 bits per heavy atom. The van der Waals surface area contributed by atoms with Crippen molar-refractivity contribution in [1.29, 1.82) is 0 Å². The highest BCUT2D eigenvalue weighted by molar-refractivity contribution is 6.30. The van der Waals surface area contributed by atoms with Crippen LogP contribution in [0.4, 0.5) is 0 Å². The van der Waals surface area contributed by atoms with E-state index >= 15 is 0 Å². The Bertz CT molecular complexity index is 846. The van der Waals surface area contributed by atoms with Crippen LogP contribution in [-0.4, -0.2) is 25.1 Å². The summed E-state index contributed by atoms with van der Waals surface area (Å²) in [5.41, 5.74) is 1.68. The number of nitrogens with one attached hydrogen (secondary N) is 1. The third-order valence-corrected chi connectivity index (χ3v) is 3.97. The number of carbonyl (C=O) groups excluding carboxylic acids is 2. The number of benzene rings is 2. The summed E-state index contributed by atoms with van der Waals surface area (Å²) in [5, 5.41) is 3.35. The molecule has 0 saturated carbocycles. The zero-order chi connectivity index (χ0) is 20.4. The molecule has 0 aromatic heterocycles. The van der Waals surface area contributed by atoms with E-state index in [2.05, 4.69) is 11.9 Å². The van der Waals surface area contributed by atoms with Crippen molar-refractivity contribution in [3.05, 3.63) is 83.4 Å². The molecule has 5 nitrogen and oxygen atoms in total. The van der Waals surface area contributed by atoms with Gasteiger partial charge in [-0.3, -0.25) is 4.79 Å². The fraction of sp³-hybridized carbons (Fsp3) is 0.182. The maximum atomic E-state index is 11.9. The number of hydrogen-bond acceptors (Lipinski definition) is 4. The number of esters is 1. The van der Waals surface area contributed by atoms with Crippen molar-refractivity contribution >= 4 is 29.6 Å². The molecular formula is C22H22ClNO4. The summed E-state index contributed by atoms with van der Waals surface area (Å²) in [6.45, 7) is 5.48. The van der Waals surface area contributed by atoms with E-state index in [-0.39, 0.29) is 12.6 Å². The second-order valence-corrected chi connectivity index (χ2v) is 6.39. The minimum atomic E-state index is -0.599. The van der Waals surface area contributed by atoms with E-state index in [1.807, 2.05) is 31.2 Å². The minimum absolute atomic E-state index is 0.248. The summed E-state index contributed by atoms with van der Waals surface area (Å²) in [6.07, 6.45) is 4.54. The molecule has 0 saturated heterocycles. The van der Waals surface area contributed by atoms with Gasteiger partial charge in [0.2, 0.25) is 0 Å². The first-order valence-corrected chi connectivity index (χ1v) is 9.09. The molecule has 2 aromatic rings. The monoisotopic (exact) mass is 399 g/mol. The summed E-state index contributed by atoms with van der Waals surface area (Å²) in [4.78, 5) is 23.7. The molecule has 0 aliphatic heterocycles. The normalized spacial score (nSPS) is 11.6. The Morgan fingerprint density at radius 2 is 1.96 bits per heavy atom. The summed E-state index contributed by atoms with van der Waals surface area (Å²) < 4.78 is 10.3. The van der Waals surface area contributed by atoms with E-state index < -0.39 is 11.9 Å². The van der Waals surface area contributed by atoms with Crippen LogP contribution in [0.1, 0.15) is 24.1 Å². The highest BCUT2D eigenvalue weighted by Crippen LogP contribution is 2.17. The molecule has 0 unspecified atom stereocenters. The summed E-state index contributed by atoms with van der Waals surface area (Å²) in [6, 6.07) is 14.1.